The Balaban J connectivity index is 2.27. The molecule has 0 spiro atoms. The van der Waals surface area contributed by atoms with Crippen molar-refractivity contribution in [2.24, 2.45) is 0 Å². The number of aryl methyl sites for hydroxylation is 2. The number of likely N-dealkylation sites (N-methyl/N-ethyl adjacent to an activating group) is 2. The number of hydrogen-bond donors (Lipinski definition) is 1. The van der Waals surface area contributed by atoms with Crippen molar-refractivity contribution in [1.82, 2.24) is 14.8 Å². The van der Waals surface area contributed by atoms with E-state index >= 15 is 0 Å². The van der Waals surface area contributed by atoms with E-state index in [1.54, 1.807) is 18.0 Å². The van der Waals surface area contributed by atoms with Crippen LogP contribution in [-0.2, 0) is 4.79 Å². The van der Waals surface area contributed by atoms with Gasteiger partial charge >= 0.3 is 0 Å². The molecule has 0 fully saturated rings. The van der Waals surface area contributed by atoms with Crippen molar-refractivity contribution in [2.45, 2.75) is 27.7 Å². The molecule has 0 aliphatic carbocycles. The summed E-state index contributed by atoms with van der Waals surface area (Å²) in [4.78, 5) is 31.4. The van der Waals surface area contributed by atoms with E-state index in [4.69, 9.17) is 0 Å². The third kappa shape index (κ3) is 3.23. The maximum Gasteiger partial charge on any atom is 0.256 e. The molecule has 0 unspecified atom stereocenters. The largest absolute Gasteiger partial charge is 0.358 e. The van der Waals surface area contributed by atoms with Crippen molar-refractivity contribution < 1.29 is 9.59 Å². The molecule has 1 aromatic heterocycles. The zero-order valence-electron chi connectivity index (χ0n) is 14.6. The summed E-state index contributed by atoms with van der Waals surface area (Å²) in [5.74, 6) is -0.172. The Morgan fingerprint density at radius 1 is 1.13 bits per heavy atom. The molecule has 0 aliphatic heterocycles. The van der Waals surface area contributed by atoms with Crippen molar-refractivity contribution >= 4 is 22.7 Å². The van der Waals surface area contributed by atoms with Crippen LogP contribution in [0.1, 0.15) is 35.5 Å². The van der Waals surface area contributed by atoms with Gasteiger partial charge in [-0.05, 0) is 39.3 Å². The number of amides is 2. The van der Waals surface area contributed by atoms with Crippen molar-refractivity contribution in [3.05, 3.63) is 35.0 Å². The van der Waals surface area contributed by atoms with Crippen LogP contribution in [0.3, 0.4) is 0 Å². The van der Waals surface area contributed by atoms with Crippen LogP contribution in [0, 0.1) is 13.8 Å². The minimum Gasteiger partial charge on any atom is -0.358 e. The molecular formula is C18H25N3O2. The molecule has 23 heavy (non-hydrogen) atoms. The highest BCUT2D eigenvalue weighted by molar-refractivity contribution is 6.07. The first-order valence-corrected chi connectivity index (χ1v) is 8.01. The van der Waals surface area contributed by atoms with Gasteiger partial charge in [0.15, 0.2) is 0 Å². The van der Waals surface area contributed by atoms with Crippen molar-refractivity contribution in [3.8, 4) is 0 Å². The first-order chi connectivity index (χ1) is 10.9. The standard InChI is InChI=1S/C18H25N3O2/c1-6-21(7-2)16(22)11-20(5)18(23)15-10-8-9-14-12(3)13(4)19-17(14)15/h8-10,19H,6-7,11H2,1-5H3. The van der Waals surface area contributed by atoms with Crippen LogP contribution in [0.5, 0.6) is 0 Å². The fourth-order valence-electron chi connectivity index (χ4n) is 2.82. The van der Waals surface area contributed by atoms with Gasteiger partial charge in [0.25, 0.3) is 5.91 Å². The lowest BCUT2D eigenvalue weighted by atomic mass is 10.1. The van der Waals surface area contributed by atoms with E-state index in [1.807, 2.05) is 39.8 Å². The second-order valence-corrected chi connectivity index (χ2v) is 5.83. The number of para-hydroxylation sites is 1. The third-order valence-corrected chi connectivity index (χ3v) is 4.41. The molecular weight excluding hydrogens is 290 g/mol. The van der Waals surface area contributed by atoms with E-state index < -0.39 is 0 Å². The minimum atomic E-state index is -0.141. The fraction of sp³-hybridized carbons (Fsp3) is 0.444. The summed E-state index contributed by atoms with van der Waals surface area (Å²) in [6.07, 6.45) is 0. The lowest BCUT2D eigenvalue weighted by Crippen LogP contribution is -2.41. The van der Waals surface area contributed by atoms with Crippen molar-refractivity contribution in [1.29, 1.82) is 0 Å². The van der Waals surface area contributed by atoms with E-state index in [0.717, 1.165) is 22.2 Å². The Morgan fingerprint density at radius 3 is 2.39 bits per heavy atom. The van der Waals surface area contributed by atoms with Gasteiger partial charge in [0.05, 0.1) is 17.6 Å². The number of aromatic amines is 1. The van der Waals surface area contributed by atoms with E-state index in [2.05, 4.69) is 4.98 Å². The smallest absolute Gasteiger partial charge is 0.256 e. The fourth-order valence-corrected chi connectivity index (χ4v) is 2.82. The zero-order valence-corrected chi connectivity index (χ0v) is 14.6. The molecule has 0 radical (unpaired) electrons. The van der Waals surface area contributed by atoms with Gasteiger partial charge in [-0.1, -0.05) is 12.1 Å². The number of nitrogens with one attached hydrogen (secondary N) is 1. The summed E-state index contributed by atoms with van der Waals surface area (Å²) in [7, 11) is 1.67. The molecule has 124 valence electrons. The SMILES string of the molecule is CCN(CC)C(=O)CN(C)C(=O)c1cccc2c(C)c(C)[nH]c12. The average Bonchev–Trinajstić information content (AvgIpc) is 2.82. The Labute approximate surface area is 137 Å². The van der Waals surface area contributed by atoms with Crippen molar-refractivity contribution in [2.75, 3.05) is 26.7 Å². The van der Waals surface area contributed by atoms with E-state index in [1.165, 1.54) is 4.90 Å². The second kappa shape index (κ2) is 6.86. The summed E-state index contributed by atoms with van der Waals surface area (Å²) in [5.41, 5.74) is 3.65. The maximum absolute atomic E-state index is 12.7. The monoisotopic (exact) mass is 315 g/mol. The molecule has 2 rings (SSSR count). The molecule has 2 aromatic rings. The van der Waals surface area contributed by atoms with Crippen molar-refractivity contribution in [3.63, 3.8) is 0 Å². The number of benzene rings is 1. The number of H-pyrrole nitrogens is 1. The number of fused-ring (bicyclic) bond motifs is 1. The minimum absolute atomic E-state index is 0.0307. The summed E-state index contributed by atoms with van der Waals surface area (Å²) < 4.78 is 0. The van der Waals surface area contributed by atoms with Crippen LogP contribution in [-0.4, -0.2) is 53.3 Å². The van der Waals surface area contributed by atoms with Gasteiger partial charge in [-0.15, -0.1) is 0 Å². The highest BCUT2D eigenvalue weighted by Gasteiger charge is 2.20. The van der Waals surface area contributed by atoms with Crippen LogP contribution in [0.4, 0.5) is 0 Å². The number of hydrogen-bond acceptors (Lipinski definition) is 2. The Hall–Kier alpha value is -2.30. The van der Waals surface area contributed by atoms with Gasteiger partial charge in [-0.25, -0.2) is 0 Å². The number of rotatable bonds is 5. The van der Waals surface area contributed by atoms with E-state index in [-0.39, 0.29) is 18.4 Å². The summed E-state index contributed by atoms with van der Waals surface area (Å²) >= 11 is 0. The predicted molar refractivity (Wildman–Crippen MR) is 92.7 cm³/mol. The summed E-state index contributed by atoms with van der Waals surface area (Å²) in [6.45, 7) is 9.32. The number of carbonyl (C=O) groups excluding carboxylic acids is 2. The lowest BCUT2D eigenvalue weighted by Gasteiger charge is -2.23. The molecule has 0 atom stereocenters. The van der Waals surface area contributed by atoms with Gasteiger partial charge in [0.2, 0.25) is 5.91 Å². The Morgan fingerprint density at radius 2 is 1.78 bits per heavy atom. The number of carbonyl (C=O) groups is 2. The molecule has 0 saturated carbocycles. The van der Waals surface area contributed by atoms with Crippen LogP contribution in [0.25, 0.3) is 10.9 Å². The molecule has 1 heterocycles. The molecule has 5 heteroatoms. The molecule has 1 N–H and O–H groups in total. The quantitative estimate of drug-likeness (QED) is 0.922. The molecule has 0 aliphatic rings. The molecule has 2 amide bonds. The molecule has 0 saturated heterocycles. The Bertz CT molecular complexity index is 729. The van der Waals surface area contributed by atoms with Gasteiger partial charge in [0, 0.05) is 31.2 Å². The second-order valence-electron chi connectivity index (χ2n) is 5.83. The maximum atomic E-state index is 12.7. The molecule has 0 bridgehead atoms. The van der Waals surface area contributed by atoms with Gasteiger partial charge < -0.3 is 14.8 Å². The van der Waals surface area contributed by atoms with Gasteiger partial charge in [-0.2, -0.15) is 0 Å². The topological polar surface area (TPSA) is 56.4 Å². The summed E-state index contributed by atoms with van der Waals surface area (Å²) in [6, 6.07) is 5.69. The predicted octanol–water partition coefficient (Wildman–Crippen LogP) is 2.73. The van der Waals surface area contributed by atoms with Crippen LogP contribution in [0.15, 0.2) is 18.2 Å². The highest BCUT2D eigenvalue weighted by atomic mass is 16.2. The number of nitrogens with zero attached hydrogens (tertiary/aromatic N) is 2. The highest BCUT2D eigenvalue weighted by Crippen LogP contribution is 2.24. The zero-order chi connectivity index (χ0) is 17.1. The van der Waals surface area contributed by atoms with Gasteiger partial charge in [-0.3, -0.25) is 9.59 Å². The normalized spacial score (nSPS) is 10.8. The van der Waals surface area contributed by atoms with E-state index in [0.29, 0.717) is 18.7 Å². The van der Waals surface area contributed by atoms with Crippen LogP contribution >= 0.6 is 0 Å². The first kappa shape index (κ1) is 17.1. The van der Waals surface area contributed by atoms with Crippen LogP contribution < -0.4 is 0 Å². The van der Waals surface area contributed by atoms with Gasteiger partial charge in [0.1, 0.15) is 0 Å². The molecule has 5 nitrogen and oxygen atoms in total. The number of aromatic nitrogens is 1. The molecule has 1 aromatic carbocycles. The first-order valence-electron chi connectivity index (χ1n) is 8.01. The average molecular weight is 315 g/mol. The summed E-state index contributed by atoms with van der Waals surface area (Å²) in [5, 5.41) is 1.05. The van der Waals surface area contributed by atoms with Crippen LogP contribution in [0.2, 0.25) is 0 Å². The Kier molecular flexibility index (Phi) is 5.08. The van der Waals surface area contributed by atoms with E-state index in [9.17, 15) is 9.59 Å². The third-order valence-electron chi connectivity index (χ3n) is 4.41. The lowest BCUT2D eigenvalue weighted by molar-refractivity contribution is -0.131.